The van der Waals surface area contributed by atoms with Gasteiger partial charge in [0.2, 0.25) is 5.91 Å². The summed E-state index contributed by atoms with van der Waals surface area (Å²) in [5, 5.41) is 14.3. The number of halogens is 1. The smallest absolute Gasteiger partial charge is 0.224 e. The van der Waals surface area contributed by atoms with Crippen LogP contribution < -0.4 is 5.32 Å². The molecule has 1 aromatic carbocycles. The third-order valence-electron chi connectivity index (χ3n) is 4.14. The molecule has 1 amide bonds. The molecule has 1 aromatic heterocycles. The lowest BCUT2D eigenvalue weighted by Crippen LogP contribution is -2.39. The number of aliphatic hydroxyl groups excluding tert-OH is 1. The molecular formula is C16H19ClN2O2. The third-order valence-corrected chi connectivity index (χ3v) is 4.38. The van der Waals surface area contributed by atoms with Crippen LogP contribution in [0.2, 0.25) is 5.02 Å². The molecule has 0 atom stereocenters. The second-order valence-electron chi connectivity index (χ2n) is 5.75. The Bertz CT molecular complexity index is 645. The minimum Gasteiger partial charge on any atom is -0.393 e. The summed E-state index contributed by atoms with van der Waals surface area (Å²) < 4.78 is 0. The molecule has 1 fully saturated rings. The number of carbonyl (C=O) groups is 1. The van der Waals surface area contributed by atoms with Crippen molar-refractivity contribution in [3.8, 4) is 0 Å². The second kappa shape index (κ2) is 6.08. The van der Waals surface area contributed by atoms with E-state index >= 15 is 0 Å². The van der Waals surface area contributed by atoms with Crippen molar-refractivity contribution in [3.05, 3.63) is 35.0 Å². The zero-order valence-electron chi connectivity index (χ0n) is 11.7. The minimum atomic E-state index is -0.198. The van der Waals surface area contributed by atoms with E-state index in [9.17, 15) is 9.90 Å². The molecule has 1 heterocycles. The molecule has 4 nitrogen and oxygen atoms in total. The molecule has 1 aliphatic rings. The summed E-state index contributed by atoms with van der Waals surface area (Å²) in [4.78, 5) is 15.3. The number of amides is 1. The molecule has 0 spiro atoms. The van der Waals surface area contributed by atoms with Gasteiger partial charge < -0.3 is 15.4 Å². The molecule has 0 saturated heterocycles. The molecule has 5 heteroatoms. The Labute approximate surface area is 128 Å². The number of nitrogens with one attached hydrogen (secondary N) is 2. The van der Waals surface area contributed by atoms with Crippen molar-refractivity contribution in [1.82, 2.24) is 10.3 Å². The average molecular weight is 307 g/mol. The van der Waals surface area contributed by atoms with Crippen LogP contribution in [0.15, 0.2) is 24.4 Å². The fourth-order valence-electron chi connectivity index (χ4n) is 2.98. The topological polar surface area (TPSA) is 65.1 Å². The number of hydrogen-bond donors (Lipinski definition) is 3. The van der Waals surface area contributed by atoms with Crippen molar-refractivity contribution in [1.29, 1.82) is 0 Å². The Morgan fingerprint density at radius 2 is 2.10 bits per heavy atom. The van der Waals surface area contributed by atoms with Crippen molar-refractivity contribution < 1.29 is 9.90 Å². The molecule has 0 aliphatic heterocycles. The van der Waals surface area contributed by atoms with Gasteiger partial charge in [-0.3, -0.25) is 4.79 Å². The van der Waals surface area contributed by atoms with Gasteiger partial charge in [-0.15, -0.1) is 0 Å². The largest absolute Gasteiger partial charge is 0.393 e. The van der Waals surface area contributed by atoms with Crippen LogP contribution in [0.4, 0.5) is 0 Å². The van der Waals surface area contributed by atoms with Crippen LogP contribution in [0.25, 0.3) is 10.9 Å². The van der Waals surface area contributed by atoms with E-state index in [1.807, 2.05) is 24.4 Å². The fourth-order valence-corrected chi connectivity index (χ4v) is 3.15. The molecule has 0 unspecified atom stereocenters. The van der Waals surface area contributed by atoms with Gasteiger partial charge in [0.1, 0.15) is 0 Å². The Hall–Kier alpha value is -1.52. The van der Waals surface area contributed by atoms with E-state index in [0.29, 0.717) is 11.4 Å². The van der Waals surface area contributed by atoms with Gasteiger partial charge in [-0.1, -0.05) is 17.7 Å². The van der Waals surface area contributed by atoms with Crippen molar-refractivity contribution in [2.24, 2.45) is 0 Å². The van der Waals surface area contributed by atoms with Crippen molar-refractivity contribution >= 4 is 28.4 Å². The highest BCUT2D eigenvalue weighted by molar-refractivity contribution is 6.31. The quantitative estimate of drug-likeness (QED) is 0.816. The fraction of sp³-hybridized carbons (Fsp3) is 0.438. The number of aromatic nitrogens is 1. The number of fused-ring (bicyclic) bond motifs is 1. The first-order chi connectivity index (χ1) is 10.1. The molecule has 21 heavy (non-hydrogen) atoms. The summed E-state index contributed by atoms with van der Waals surface area (Å²) in [5.74, 6) is 0.0345. The zero-order chi connectivity index (χ0) is 14.8. The highest BCUT2D eigenvalue weighted by atomic mass is 35.5. The van der Waals surface area contributed by atoms with Gasteiger partial charge >= 0.3 is 0 Å². The lowest BCUT2D eigenvalue weighted by molar-refractivity contribution is -0.121. The molecule has 3 N–H and O–H groups in total. The van der Waals surface area contributed by atoms with Gasteiger partial charge in [0.15, 0.2) is 0 Å². The summed E-state index contributed by atoms with van der Waals surface area (Å²) >= 11 is 5.95. The number of aliphatic hydroxyl groups is 1. The van der Waals surface area contributed by atoms with Crippen molar-refractivity contribution in [2.45, 2.75) is 44.2 Å². The van der Waals surface area contributed by atoms with Gasteiger partial charge in [0, 0.05) is 28.2 Å². The van der Waals surface area contributed by atoms with Gasteiger partial charge in [-0.05, 0) is 43.4 Å². The lowest BCUT2D eigenvalue weighted by Gasteiger charge is -2.26. The number of benzene rings is 1. The van der Waals surface area contributed by atoms with Crippen LogP contribution >= 0.6 is 11.6 Å². The second-order valence-corrected chi connectivity index (χ2v) is 6.19. The van der Waals surface area contributed by atoms with E-state index in [-0.39, 0.29) is 18.1 Å². The summed E-state index contributed by atoms with van der Waals surface area (Å²) in [6, 6.07) is 5.83. The van der Waals surface area contributed by atoms with E-state index in [1.54, 1.807) is 0 Å². The molecule has 3 rings (SSSR count). The average Bonchev–Trinajstić information content (AvgIpc) is 2.83. The Balaban J connectivity index is 1.63. The van der Waals surface area contributed by atoms with E-state index < -0.39 is 0 Å². The molecule has 1 aliphatic carbocycles. The standard InChI is InChI=1S/C16H19ClN2O2/c17-11-1-6-14-10(9-18-15(14)8-11)7-16(21)19-12-2-4-13(20)5-3-12/h1,6,8-9,12-13,18,20H,2-5,7H2,(H,19,21). The van der Waals surface area contributed by atoms with Crippen LogP contribution in [-0.2, 0) is 11.2 Å². The van der Waals surface area contributed by atoms with Crippen LogP contribution in [0.1, 0.15) is 31.2 Å². The van der Waals surface area contributed by atoms with Gasteiger partial charge in [0.25, 0.3) is 0 Å². The number of carbonyl (C=O) groups excluding carboxylic acids is 1. The first-order valence-corrected chi connectivity index (χ1v) is 7.72. The van der Waals surface area contributed by atoms with Gasteiger partial charge in [0.05, 0.1) is 12.5 Å². The molecule has 112 valence electrons. The summed E-state index contributed by atoms with van der Waals surface area (Å²) in [6.07, 6.45) is 5.29. The molecular weight excluding hydrogens is 288 g/mol. The maximum absolute atomic E-state index is 12.2. The predicted octanol–water partition coefficient (Wildman–Crippen LogP) is 2.78. The zero-order valence-corrected chi connectivity index (χ0v) is 12.5. The van der Waals surface area contributed by atoms with Gasteiger partial charge in [-0.25, -0.2) is 0 Å². The van der Waals surface area contributed by atoms with Crippen LogP contribution in [-0.4, -0.2) is 28.1 Å². The Morgan fingerprint density at radius 3 is 2.86 bits per heavy atom. The van der Waals surface area contributed by atoms with Crippen molar-refractivity contribution in [3.63, 3.8) is 0 Å². The monoisotopic (exact) mass is 306 g/mol. The maximum Gasteiger partial charge on any atom is 0.224 e. The van der Waals surface area contributed by atoms with Gasteiger partial charge in [-0.2, -0.15) is 0 Å². The predicted molar refractivity (Wildman–Crippen MR) is 83.4 cm³/mol. The highest BCUT2D eigenvalue weighted by Crippen LogP contribution is 2.23. The number of aromatic amines is 1. The summed E-state index contributed by atoms with van der Waals surface area (Å²) in [5.41, 5.74) is 1.93. The van der Waals surface area contributed by atoms with E-state index in [4.69, 9.17) is 11.6 Å². The van der Waals surface area contributed by atoms with Crippen molar-refractivity contribution in [2.75, 3.05) is 0 Å². The summed E-state index contributed by atoms with van der Waals surface area (Å²) in [6.45, 7) is 0. The van der Waals surface area contributed by atoms with E-state index in [1.165, 1.54) is 0 Å². The van der Waals surface area contributed by atoms with Crippen LogP contribution in [0.3, 0.4) is 0 Å². The summed E-state index contributed by atoms with van der Waals surface area (Å²) in [7, 11) is 0. The number of hydrogen-bond acceptors (Lipinski definition) is 2. The normalized spacial score (nSPS) is 22.4. The van der Waals surface area contributed by atoms with Crippen LogP contribution in [0, 0.1) is 0 Å². The Kier molecular flexibility index (Phi) is 4.17. The molecule has 2 aromatic rings. The van der Waals surface area contributed by atoms with E-state index in [0.717, 1.165) is 42.1 Å². The number of H-pyrrole nitrogens is 1. The number of rotatable bonds is 3. The third kappa shape index (κ3) is 3.39. The Morgan fingerprint density at radius 1 is 1.33 bits per heavy atom. The maximum atomic E-state index is 12.2. The SMILES string of the molecule is O=C(Cc1c[nH]c2cc(Cl)ccc12)NC1CCC(O)CC1. The van der Waals surface area contributed by atoms with E-state index in [2.05, 4.69) is 10.3 Å². The first kappa shape index (κ1) is 14.4. The first-order valence-electron chi connectivity index (χ1n) is 7.35. The molecule has 1 saturated carbocycles. The molecule has 0 bridgehead atoms. The highest BCUT2D eigenvalue weighted by Gasteiger charge is 2.21. The molecule has 0 radical (unpaired) electrons. The van der Waals surface area contributed by atoms with Crippen LogP contribution in [0.5, 0.6) is 0 Å². The minimum absolute atomic E-state index is 0.0345. The lowest BCUT2D eigenvalue weighted by atomic mass is 9.93.